The molecule has 0 aliphatic heterocycles. The number of benzene rings is 3. The molecular formula is C28H27Cl2N3O4. The molecule has 4 aromatic rings. The smallest absolute Gasteiger partial charge is 0.266 e. The third-order valence-electron chi connectivity index (χ3n) is 6.01. The molecule has 0 N–H and O–H groups in total. The number of nitrogens with zero attached hydrogens (tertiary/aromatic N) is 3. The second kappa shape index (κ2) is 11.8. The molecule has 1 aromatic heterocycles. The molecule has 7 nitrogen and oxygen atoms in total. The maximum absolute atomic E-state index is 13.8. The molecule has 0 radical (unpaired) electrons. The van der Waals surface area contributed by atoms with Gasteiger partial charge in [-0.15, -0.1) is 0 Å². The topological polar surface area (TPSA) is 73.7 Å². The van der Waals surface area contributed by atoms with Crippen LogP contribution in [0.4, 0.5) is 0 Å². The average molecular weight is 540 g/mol. The second-order valence-corrected chi connectivity index (χ2v) is 9.17. The van der Waals surface area contributed by atoms with Gasteiger partial charge in [0.15, 0.2) is 0 Å². The first-order valence-corrected chi connectivity index (χ1v) is 12.6. The van der Waals surface area contributed by atoms with E-state index in [9.17, 15) is 9.59 Å². The van der Waals surface area contributed by atoms with Gasteiger partial charge < -0.3 is 14.4 Å². The van der Waals surface area contributed by atoms with Crippen LogP contribution in [0.3, 0.4) is 0 Å². The van der Waals surface area contributed by atoms with E-state index < -0.39 is 6.04 Å². The van der Waals surface area contributed by atoms with Crippen LogP contribution in [0, 0.1) is 0 Å². The molecule has 1 unspecified atom stereocenters. The Kier molecular flexibility index (Phi) is 8.48. The van der Waals surface area contributed by atoms with E-state index in [1.165, 1.54) is 6.07 Å². The van der Waals surface area contributed by atoms with Crippen LogP contribution in [0.1, 0.15) is 36.1 Å². The quantitative estimate of drug-likeness (QED) is 0.263. The van der Waals surface area contributed by atoms with E-state index in [1.807, 2.05) is 19.9 Å². The minimum absolute atomic E-state index is 0.231. The molecule has 0 saturated carbocycles. The Morgan fingerprint density at radius 3 is 2.46 bits per heavy atom. The van der Waals surface area contributed by atoms with E-state index in [0.29, 0.717) is 45.4 Å². The van der Waals surface area contributed by atoms with Gasteiger partial charge in [-0.3, -0.25) is 14.2 Å². The number of amides is 1. The summed E-state index contributed by atoms with van der Waals surface area (Å²) in [7, 11) is 1.57. The standard InChI is InChI=1S/C28H27Cl2N3O4/c1-4-37-21-12-10-20(11-13-21)33-26(31-25-8-6-5-7-22(25)28(33)35)18(2)32(15-16-36-3)27(34)19-9-14-23(29)24(30)17-19/h5-14,17-18H,4,15-16H2,1-3H3. The van der Waals surface area contributed by atoms with Crippen LogP contribution in [0.5, 0.6) is 5.75 Å². The van der Waals surface area contributed by atoms with Crippen LogP contribution in [0.25, 0.3) is 16.6 Å². The van der Waals surface area contributed by atoms with E-state index in [4.69, 9.17) is 37.7 Å². The first-order valence-electron chi connectivity index (χ1n) is 11.9. The lowest BCUT2D eigenvalue weighted by molar-refractivity contribution is 0.0605. The molecule has 0 aliphatic rings. The number of fused-ring (bicyclic) bond motifs is 1. The molecule has 0 aliphatic carbocycles. The first kappa shape index (κ1) is 26.7. The SMILES string of the molecule is CCOc1ccc(-n2c(C(C)N(CCOC)C(=O)c3ccc(Cl)c(Cl)c3)nc3ccccc3c2=O)cc1. The van der Waals surface area contributed by atoms with Gasteiger partial charge in [-0.05, 0) is 68.4 Å². The second-order valence-electron chi connectivity index (χ2n) is 8.35. The maximum atomic E-state index is 13.8. The number of methoxy groups -OCH3 is 1. The van der Waals surface area contributed by atoms with Crippen molar-refractivity contribution in [3.05, 3.63) is 98.5 Å². The molecule has 0 fully saturated rings. The fourth-order valence-corrected chi connectivity index (χ4v) is 4.43. The van der Waals surface area contributed by atoms with Gasteiger partial charge in [0, 0.05) is 19.2 Å². The molecule has 1 atom stereocenters. The van der Waals surface area contributed by atoms with Crippen molar-refractivity contribution in [3.8, 4) is 11.4 Å². The number of halogens is 2. The van der Waals surface area contributed by atoms with Gasteiger partial charge in [-0.1, -0.05) is 35.3 Å². The lowest BCUT2D eigenvalue weighted by atomic mass is 10.1. The largest absolute Gasteiger partial charge is 0.494 e. The number of hydrogen-bond acceptors (Lipinski definition) is 5. The van der Waals surface area contributed by atoms with Gasteiger partial charge in [-0.25, -0.2) is 4.98 Å². The Morgan fingerprint density at radius 1 is 1.05 bits per heavy atom. The third kappa shape index (κ3) is 5.64. The molecule has 9 heteroatoms. The van der Waals surface area contributed by atoms with Crippen LogP contribution in [0.2, 0.25) is 10.0 Å². The zero-order valence-corrected chi connectivity index (χ0v) is 22.3. The summed E-state index contributed by atoms with van der Waals surface area (Å²) >= 11 is 12.3. The molecule has 0 bridgehead atoms. The Morgan fingerprint density at radius 2 is 1.78 bits per heavy atom. The minimum Gasteiger partial charge on any atom is -0.494 e. The molecule has 3 aromatic carbocycles. The van der Waals surface area contributed by atoms with Gasteiger partial charge in [-0.2, -0.15) is 0 Å². The minimum atomic E-state index is -0.596. The number of para-hydroxylation sites is 1. The Balaban J connectivity index is 1.87. The summed E-state index contributed by atoms with van der Waals surface area (Å²) in [5, 5.41) is 1.11. The van der Waals surface area contributed by atoms with E-state index in [-0.39, 0.29) is 29.6 Å². The van der Waals surface area contributed by atoms with Crippen LogP contribution < -0.4 is 10.3 Å². The summed E-state index contributed by atoms with van der Waals surface area (Å²) in [6, 6.07) is 18.5. The van der Waals surface area contributed by atoms with Gasteiger partial charge in [0.25, 0.3) is 11.5 Å². The number of rotatable bonds is 9. The molecular weight excluding hydrogens is 513 g/mol. The number of hydrogen-bond donors (Lipinski definition) is 0. The summed E-state index contributed by atoms with van der Waals surface area (Å²) in [4.78, 5) is 33.9. The molecule has 1 amide bonds. The van der Waals surface area contributed by atoms with Crippen molar-refractivity contribution in [1.29, 1.82) is 0 Å². The lowest BCUT2D eigenvalue weighted by Gasteiger charge is -2.30. The van der Waals surface area contributed by atoms with Gasteiger partial charge >= 0.3 is 0 Å². The van der Waals surface area contributed by atoms with E-state index in [2.05, 4.69) is 0 Å². The zero-order valence-electron chi connectivity index (χ0n) is 20.8. The average Bonchev–Trinajstić information content (AvgIpc) is 2.91. The molecule has 1 heterocycles. The molecule has 192 valence electrons. The Labute approximate surface area is 225 Å². The van der Waals surface area contributed by atoms with Crippen molar-refractivity contribution >= 4 is 40.0 Å². The lowest BCUT2D eigenvalue weighted by Crippen LogP contribution is -2.39. The fourth-order valence-electron chi connectivity index (χ4n) is 4.13. The summed E-state index contributed by atoms with van der Waals surface area (Å²) in [5.41, 5.74) is 1.30. The highest BCUT2D eigenvalue weighted by atomic mass is 35.5. The first-order chi connectivity index (χ1) is 17.8. The Bertz CT molecular complexity index is 1470. The van der Waals surface area contributed by atoms with E-state index >= 15 is 0 Å². The highest BCUT2D eigenvalue weighted by molar-refractivity contribution is 6.42. The fraction of sp³-hybridized carbons (Fsp3) is 0.250. The predicted molar refractivity (Wildman–Crippen MR) is 146 cm³/mol. The number of carbonyl (C=O) groups excluding carboxylic acids is 1. The van der Waals surface area contributed by atoms with Crippen molar-refractivity contribution in [2.45, 2.75) is 19.9 Å². The number of carbonyl (C=O) groups is 1. The maximum Gasteiger partial charge on any atom is 0.266 e. The van der Waals surface area contributed by atoms with Crippen molar-refractivity contribution in [2.75, 3.05) is 26.9 Å². The summed E-state index contributed by atoms with van der Waals surface area (Å²) in [6.45, 7) is 4.84. The van der Waals surface area contributed by atoms with Crippen LogP contribution in [0.15, 0.2) is 71.5 Å². The normalized spacial score (nSPS) is 11.9. The van der Waals surface area contributed by atoms with Crippen LogP contribution >= 0.6 is 23.2 Å². The van der Waals surface area contributed by atoms with Crippen molar-refractivity contribution in [3.63, 3.8) is 0 Å². The van der Waals surface area contributed by atoms with Gasteiger partial charge in [0.1, 0.15) is 11.6 Å². The van der Waals surface area contributed by atoms with Gasteiger partial charge in [0.2, 0.25) is 0 Å². The van der Waals surface area contributed by atoms with Crippen molar-refractivity contribution in [2.24, 2.45) is 0 Å². The monoisotopic (exact) mass is 539 g/mol. The van der Waals surface area contributed by atoms with E-state index in [1.54, 1.807) is 71.2 Å². The highest BCUT2D eigenvalue weighted by Gasteiger charge is 2.28. The number of ether oxygens (including phenoxy) is 2. The summed E-state index contributed by atoms with van der Waals surface area (Å²) < 4.78 is 12.4. The molecule has 4 rings (SSSR count). The molecule has 0 saturated heterocycles. The predicted octanol–water partition coefficient (Wildman–Crippen LogP) is 5.94. The van der Waals surface area contributed by atoms with E-state index in [0.717, 1.165) is 0 Å². The van der Waals surface area contributed by atoms with Gasteiger partial charge in [0.05, 0.1) is 45.9 Å². The van der Waals surface area contributed by atoms with Crippen molar-refractivity contribution < 1.29 is 14.3 Å². The summed E-state index contributed by atoms with van der Waals surface area (Å²) in [6.07, 6.45) is 0. The molecule has 37 heavy (non-hydrogen) atoms. The zero-order chi connectivity index (χ0) is 26.5. The van der Waals surface area contributed by atoms with Crippen LogP contribution in [-0.4, -0.2) is 47.2 Å². The van der Waals surface area contributed by atoms with Crippen LogP contribution in [-0.2, 0) is 4.74 Å². The Hall–Kier alpha value is -3.39. The number of aromatic nitrogens is 2. The third-order valence-corrected chi connectivity index (χ3v) is 6.75. The highest BCUT2D eigenvalue weighted by Crippen LogP contribution is 2.28. The van der Waals surface area contributed by atoms with Crippen molar-refractivity contribution in [1.82, 2.24) is 14.5 Å². The summed E-state index contributed by atoms with van der Waals surface area (Å²) in [5.74, 6) is 0.820. The molecule has 0 spiro atoms.